The quantitative estimate of drug-likeness (QED) is 0.650. The van der Waals surface area contributed by atoms with Gasteiger partial charge in [-0.15, -0.1) is 0 Å². The summed E-state index contributed by atoms with van der Waals surface area (Å²) in [6.45, 7) is 9.78. The molecule has 0 bridgehead atoms. The predicted molar refractivity (Wildman–Crippen MR) is 91.6 cm³/mol. The van der Waals surface area contributed by atoms with E-state index in [1.165, 1.54) is 45.1 Å². The van der Waals surface area contributed by atoms with Gasteiger partial charge in [-0.05, 0) is 64.5 Å². The lowest BCUT2D eigenvalue weighted by atomic mass is 9.76. The molecule has 0 aromatic carbocycles. The zero-order valence-corrected chi connectivity index (χ0v) is 14.8. The van der Waals surface area contributed by atoms with Gasteiger partial charge in [-0.1, -0.05) is 26.7 Å². The Balaban J connectivity index is 2.47. The van der Waals surface area contributed by atoms with Crippen LogP contribution in [0.4, 0.5) is 0 Å². The van der Waals surface area contributed by atoms with Gasteiger partial charge in [-0.25, -0.2) is 0 Å². The average Bonchev–Trinajstić information content (AvgIpc) is 2.44. The lowest BCUT2D eigenvalue weighted by Gasteiger charge is -2.39. The third-order valence-corrected chi connectivity index (χ3v) is 4.92. The van der Waals surface area contributed by atoms with E-state index in [1.54, 1.807) is 0 Å². The molecule has 4 atom stereocenters. The summed E-state index contributed by atoms with van der Waals surface area (Å²) >= 11 is 0. The van der Waals surface area contributed by atoms with E-state index < -0.39 is 0 Å². The van der Waals surface area contributed by atoms with Crippen molar-refractivity contribution < 1.29 is 5.11 Å². The minimum atomic E-state index is -0.180. The van der Waals surface area contributed by atoms with Gasteiger partial charge in [0, 0.05) is 19.1 Å². The summed E-state index contributed by atoms with van der Waals surface area (Å²) in [6, 6.07) is 0.701. The van der Waals surface area contributed by atoms with Crippen LogP contribution in [0.15, 0.2) is 0 Å². The highest BCUT2D eigenvalue weighted by atomic mass is 16.3. The van der Waals surface area contributed by atoms with E-state index in [4.69, 9.17) is 0 Å². The highest BCUT2D eigenvalue weighted by molar-refractivity contribution is 4.86. The van der Waals surface area contributed by atoms with Crippen LogP contribution in [0.1, 0.15) is 65.7 Å². The fourth-order valence-electron chi connectivity index (χ4n) is 3.73. The summed E-state index contributed by atoms with van der Waals surface area (Å²) in [5, 5.41) is 13.2. The van der Waals surface area contributed by atoms with Gasteiger partial charge in [0.25, 0.3) is 0 Å². The summed E-state index contributed by atoms with van der Waals surface area (Å²) in [4.78, 5) is 2.42. The summed E-state index contributed by atoms with van der Waals surface area (Å²) < 4.78 is 0. The molecule has 2 N–H and O–H groups in total. The Morgan fingerprint density at radius 3 is 2.62 bits per heavy atom. The van der Waals surface area contributed by atoms with Gasteiger partial charge in [0.2, 0.25) is 0 Å². The minimum absolute atomic E-state index is 0.180. The number of hydrogen-bond donors (Lipinski definition) is 2. The van der Waals surface area contributed by atoms with E-state index in [1.807, 2.05) is 6.92 Å². The highest BCUT2D eigenvalue weighted by Gasteiger charge is 2.30. The standard InChI is InChI=1S/C18H38N2O/c1-5-7-16-8-9-18(19-11-6-2)17(13-16)14-20(4)12-10-15(3)21/h15-19,21H,5-14H2,1-4H3. The smallest absolute Gasteiger partial charge is 0.0524 e. The summed E-state index contributed by atoms with van der Waals surface area (Å²) in [5.41, 5.74) is 0. The van der Waals surface area contributed by atoms with Crippen molar-refractivity contribution in [1.29, 1.82) is 0 Å². The molecule has 3 nitrogen and oxygen atoms in total. The van der Waals surface area contributed by atoms with E-state index in [0.717, 1.165) is 31.3 Å². The Morgan fingerprint density at radius 1 is 1.24 bits per heavy atom. The molecule has 0 aliphatic heterocycles. The van der Waals surface area contributed by atoms with Crippen LogP contribution in [0.3, 0.4) is 0 Å². The van der Waals surface area contributed by atoms with Crippen molar-refractivity contribution in [3.05, 3.63) is 0 Å². The molecular formula is C18H38N2O. The lowest BCUT2D eigenvalue weighted by molar-refractivity contribution is 0.128. The molecule has 126 valence electrons. The van der Waals surface area contributed by atoms with Crippen molar-refractivity contribution in [2.24, 2.45) is 11.8 Å². The molecule has 3 heteroatoms. The molecule has 0 saturated heterocycles. The maximum atomic E-state index is 9.45. The molecule has 0 heterocycles. The van der Waals surface area contributed by atoms with Crippen LogP contribution in [-0.4, -0.2) is 48.8 Å². The summed E-state index contributed by atoms with van der Waals surface area (Å²) in [6.07, 6.45) is 8.78. The van der Waals surface area contributed by atoms with Gasteiger partial charge in [0.15, 0.2) is 0 Å². The Kier molecular flexibility index (Phi) is 9.54. The summed E-state index contributed by atoms with van der Waals surface area (Å²) in [7, 11) is 2.21. The van der Waals surface area contributed by atoms with Crippen molar-refractivity contribution in [1.82, 2.24) is 10.2 Å². The number of nitrogens with zero attached hydrogens (tertiary/aromatic N) is 1. The van der Waals surface area contributed by atoms with Gasteiger partial charge in [-0.3, -0.25) is 0 Å². The number of hydrogen-bond acceptors (Lipinski definition) is 3. The molecule has 0 aromatic heterocycles. The van der Waals surface area contributed by atoms with E-state index >= 15 is 0 Å². The highest BCUT2D eigenvalue weighted by Crippen LogP contribution is 2.32. The lowest BCUT2D eigenvalue weighted by Crippen LogP contribution is -2.45. The normalized spacial score (nSPS) is 28.0. The molecule has 21 heavy (non-hydrogen) atoms. The van der Waals surface area contributed by atoms with E-state index in [2.05, 4.69) is 31.1 Å². The molecule has 0 radical (unpaired) electrons. The first-order valence-corrected chi connectivity index (χ1v) is 9.16. The van der Waals surface area contributed by atoms with Crippen molar-refractivity contribution in [3.8, 4) is 0 Å². The molecule has 1 saturated carbocycles. The van der Waals surface area contributed by atoms with Crippen LogP contribution in [0, 0.1) is 11.8 Å². The molecule has 1 aliphatic carbocycles. The fraction of sp³-hybridized carbons (Fsp3) is 1.00. The monoisotopic (exact) mass is 298 g/mol. The topological polar surface area (TPSA) is 35.5 Å². The third-order valence-electron chi connectivity index (χ3n) is 4.92. The van der Waals surface area contributed by atoms with E-state index in [9.17, 15) is 5.11 Å². The molecule has 1 rings (SSSR count). The zero-order valence-electron chi connectivity index (χ0n) is 14.8. The largest absolute Gasteiger partial charge is 0.393 e. The average molecular weight is 299 g/mol. The van der Waals surface area contributed by atoms with Gasteiger partial charge in [0.05, 0.1) is 6.10 Å². The van der Waals surface area contributed by atoms with Gasteiger partial charge >= 0.3 is 0 Å². The second kappa shape index (κ2) is 10.6. The molecule has 4 unspecified atom stereocenters. The second-order valence-corrected chi connectivity index (χ2v) is 7.19. The maximum absolute atomic E-state index is 9.45. The second-order valence-electron chi connectivity index (χ2n) is 7.19. The van der Waals surface area contributed by atoms with Crippen LogP contribution < -0.4 is 5.32 Å². The number of rotatable bonds is 10. The van der Waals surface area contributed by atoms with Crippen molar-refractivity contribution >= 4 is 0 Å². The van der Waals surface area contributed by atoms with Crippen LogP contribution in [0.25, 0.3) is 0 Å². The van der Waals surface area contributed by atoms with Crippen molar-refractivity contribution in [2.75, 3.05) is 26.7 Å². The first kappa shape index (κ1) is 18.9. The van der Waals surface area contributed by atoms with Gasteiger partial charge in [0.1, 0.15) is 0 Å². The third kappa shape index (κ3) is 7.62. The molecule has 0 aromatic rings. The molecule has 1 aliphatic rings. The van der Waals surface area contributed by atoms with E-state index in [0.29, 0.717) is 6.04 Å². The van der Waals surface area contributed by atoms with Crippen LogP contribution in [0.5, 0.6) is 0 Å². The van der Waals surface area contributed by atoms with Crippen LogP contribution >= 0.6 is 0 Å². The summed E-state index contributed by atoms with van der Waals surface area (Å²) in [5.74, 6) is 1.71. The number of aliphatic hydroxyl groups excluding tert-OH is 1. The first-order chi connectivity index (χ1) is 10.1. The fourth-order valence-corrected chi connectivity index (χ4v) is 3.73. The SMILES string of the molecule is CCCNC1CCC(CCC)CC1CN(C)CCC(C)O. The Morgan fingerprint density at radius 2 is 2.00 bits per heavy atom. The van der Waals surface area contributed by atoms with Crippen LogP contribution in [-0.2, 0) is 0 Å². The Labute approximate surface area is 132 Å². The Bertz CT molecular complexity index is 258. The number of nitrogens with one attached hydrogen (secondary N) is 1. The number of aliphatic hydroxyl groups is 1. The molecule has 1 fully saturated rings. The zero-order chi connectivity index (χ0) is 15.7. The minimum Gasteiger partial charge on any atom is -0.393 e. The van der Waals surface area contributed by atoms with Gasteiger partial charge < -0.3 is 15.3 Å². The van der Waals surface area contributed by atoms with Crippen molar-refractivity contribution in [2.45, 2.75) is 77.9 Å². The van der Waals surface area contributed by atoms with Gasteiger partial charge in [-0.2, -0.15) is 0 Å². The van der Waals surface area contributed by atoms with E-state index in [-0.39, 0.29) is 6.10 Å². The molecular weight excluding hydrogens is 260 g/mol. The molecule has 0 amide bonds. The maximum Gasteiger partial charge on any atom is 0.0524 e. The van der Waals surface area contributed by atoms with Crippen LogP contribution in [0.2, 0.25) is 0 Å². The molecule has 0 spiro atoms. The van der Waals surface area contributed by atoms with Crippen molar-refractivity contribution in [3.63, 3.8) is 0 Å². The Hall–Kier alpha value is -0.120. The predicted octanol–water partition coefficient (Wildman–Crippen LogP) is 3.27. The first-order valence-electron chi connectivity index (χ1n) is 9.16.